The minimum Gasteiger partial charge on any atom is -0.369 e. The van der Waals surface area contributed by atoms with E-state index in [1.54, 1.807) is 4.57 Å². The molecule has 7 nitrogen and oxygen atoms in total. The number of aromatic nitrogens is 3. The maximum atomic E-state index is 13.2. The van der Waals surface area contributed by atoms with Gasteiger partial charge in [-0.05, 0) is 31.8 Å². The number of nitrogens with zero attached hydrogens (tertiary/aromatic N) is 4. The van der Waals surface area contributed by atoms with Gasteiger partial charge in [-0.3, -0.25) is 9.36 Å². The average molecular weight is 408 g/mol. The molecule has 1 aliphatic carbocycles. The molecule has 9 heteroatoms. The molecule has 2 atom stereocenters. The number of carbonyl (C=O) groups excluding carboxylic acids is 1. The van der Waals surface area contributed by atoms with E-state index >= 15 is 0 Å². The highest BCUT2D eigenvalue weighted by atomic mass is 35.5. The molecule has 1 N–H and O–H groups in total. The van der Waals surface area contributed by atoms with Gasteiger partial charge in [0.15, 0.2) is 0 Å². The van der Waals surface area contributed by atoms with Crippen LogP contribution in [0.5, 0.6) is 0 Å². The average Bonchev–Trinajstić information content (AvgIpc) is 3.37. The van der Waals surface area contributed by atoms with E-state index in [0.717, 1.165) is 19.3 Å². The number of likely N-dealkylation sites (tertiary alicyclic amines) is 1. The summed E-state index contributed by atoms with van der Waals surface area (Å²) in [7, 11) is 0. The first-order valence-electron chi connectivity index (χ1n) is 9.88. The molecule has 150 valence electrons. The molecule has 1 amide bonds. The number of aryl methyl sites for hydroxylation is 1. The first-order valence-corrected chi connectivity index (χ1v) is 10.3. The van der Waals surface area contributed by atoms with Crippen LogP contribution in [0.4, 0.5) is 4.39 Å². The van der Waals surface area contributed by atoms with E-state index in [9.17, 15) is 14.0 Å². The van der Waals surface area contributed by atoms with Gasteiger partial charge in [-0.15, -0.1) is 0 Å². The van der Waals surface area contributed by atoms with Crippen LogP contribution >= 0.6 is 11.6 Å². The Balaban J connectivity index is 1.39. The highest BCUT2D eigenvalue weighted by molar-refractivity contribution is 6.29. The van der Waals surface area contributed by atoms with Crippen molar-refractivity contribution in [3.8, 4) is 0 Å². The summed E-state index contributed by atoms with van der Waals surface area (Å²) in [5, 5.41) is 8.44. The molecule has 4 heterocycles. The van der Waals surface area contributed by atoms with Crippen LogP contribution in [-0.4, -0.2) is 50.5 Å². The number of carbonyl (C=O) groups is 1. The zero-order chi connectivity index (χ0) is 19.5. The number of hydrogen-bond donors (Lipinski definition) is 1. The van der Waals surface area contributed by atoms with Crippen molar-refractivity contribution in [1.29, 1.82) is 0 Å². The maximum Gasteiger partial charge on any atom is 0.346 e. The first kappa shape index (κ1) is 18.0. The fraction of sp³-hybridized carbons (Fsp3) is 0.632. The van der Waals surface area contributed by atoms with Crippen molar-refractivity contribution in [2.45, 2.75) is 56.9 Å². The molecule has 2 fully saturated rings. The van der Waals surface area contributed by atoms with Crippen molar-refractivity contribution in [2.24, 2.45) is 5.41 Å². The van der Waals surface area contributed by atoms with Crippen molar-refractivity contribution in [3.05, 3.63) is 39.7 Å². The Kier molecular flexibility index (Phi) is 4.15. The number of allylic oxidation sites excluding steroid dienone is 2. The van der Waals surface area contributed by atoms with Crippen LogP contribution in [0.2, 0.25) is 0 Å². The van der Waals surface area contributed by atoms with E-state index in [1.165, 1.54) is 9.58 Å². The van der Waals surface area contributed by atoms with Gasteiger partial charge in [0.2, 0.25) is 5.91 Å². The molecule has 0 aromatic carbocycles. The number of rotatable bonds is 4. The van der Waals surface area contributed by atoms with Crippen LogP contribution in [-0.2, 0) is 17.8 Å². The van der Waals surface area contributed by atoms with Crippen LogP contribution in [0.1, 0.15) is 37.5 Å². The summed E-state index contributed by atoms with van der Waals surface area (Å²) in [6.07, 6.45) is 8.93. The van der Waals surface area contributed by atoms with Gasteiger partial charge < -0.3 is 10.2 Å². The van der Waals surface area contributed by atoms with E-state index in [2.05, 4.69) is 16.5 Å². The Morgan fingerprint density at radius 1 is 1.39 bits per heavy atom. The van der Waals surface area contributed by atoms with Gasteiger partial charge >= 0.3 is 5.69 Å². The molecular formula is C19H23ClFN5O2. The molecule has 4 aliphatic rings. The third-order valence-electron chi connectivity index (χ3n) is 6.42. The molecule has 2 unspecified atom stereocenters. The van der Waals surface area contributed by atoms with Crippen molar-refractivity contribution >= 4 is 17.5 Å². The maximum absolute atomic E-state index is 13.2. The SMILES string of the molecule is O=C(C1CCCc2nn(CC3(C4C=CC=C(Cl)N4)CC3)c(=O)n21)N1CC(F)C1. The van der Waals surface area contributed by atoms with Crippen LogP contribution in [0.15, 0.2) is 28.2 Å². The number of alkyl halides is 1. The van der Waals surface area contributed by atoms with Crippen molar-refractivity contribution in [2.75, 3.05) is 13.1 Å². The Hall–Kier alpha value is -2.09. The predicted octanol–water partition coefficient (Wildman–Crippen LogP) is 1.49. The lowest BCUT2D eigenvalue weighted by molar-refractivity contribution is -0.142. The topological polar surface area (TPSA) is 72.2 Å². The highest BCUT2D eigenvalue weighted by Gasteiger charge is 2.50. The largest absolute Gasteiger partial charge is 0.369 e. The molecule has 3 aliphatic heterocycles. The van der Waals surface area contributed by atoms with E-state index in [0.29, 0.717) is 30.4 Å². The zero-order valence-electron chi connectivity index (χ0n) is 15.5. The summed E-state index contributed by atoms with van der Waals surface area (Å²) in [5.41, 5.74) is -0.324. The second kappa shape index (κ2) is 6.47. The predicted molar refractivity (Wildman–Crippen MR) is 102 cm³/mol. The third-order valence-corrected chi connectivity index (χ3v) is 6.66. The fourth-order valence-electron chi connectivity index (χ4n) is 4.56. The van der Waals surface area contributed by atoms with Crippen molar-refractivity contribution in [1.82, 2.24) is 24.6 Å². The van der Waals surface area contributed by atoms with Gasteiger partial charge in [0.05, 0.1) is 25.7 Å². The lowest BCUT2D eigenvalue weighted by atomic mass is 9.95. The summed E-state index contributed by atoms with van der Waals surface area (Å²) < 4.78 is 16.2. The molecule has 0 spiro atoms. The second-order valence-electron chi connectivity index (χ2n) is 8.36. The molecule has 1 saturated heterocycles. The van der Waals surface area contributed by atoms with Crippen LogP contribution < -0.4 is 11.0 Å². The summed E-state index contributed by atoms with van der Waals surface area (Å²) in [6.45, 7) is 0.754. The Morgan fingerprint density at radius 2 is 2.18 bits per heavy atom. The third kappa shape index (κ3) is 2.89. The molecular weight excluding hydrogens is 385 g/mol. The Morgan fingerprint density at radius 3 is 2.86 bits per heavy atom. The summed E-state index contributed by atoms with van der Waals surface area (Å²) in [4.78, 5) is 27.4. The first-order chi connectivity index (χ1) is 13.5. The summed E-state index contributed by atoms with van der Waals surface area (Å²) >= 11 is 6.12. The van der Waals surface area contributed by atoms with Gasteiger partial charge in [-0.1, -0.05) is 23.8 Å². The van der Waals surface area contributed by atoms with Gasteiger partial charge in [0.25, 0.3) is 0 Å². The van der Waals surface area contributed by atoms with Crippen molar-refractivity contribution < 1.29 is 9.18 Å². The smallest absolute Gasteiger partial charge is 0.346 e. The number of hydrogen-bond acceptors (Lipinski definition) is 4. The minimum atomic E-state index is -0.946. The lowest BCUT2D eigenvalue weighted by Crippen LogP contribution is -2.54. The standard InChI is InChI=1S/C19H23ClFN5O2/c20-15-5-2-4-14(22-15)19(7-8-19)11-25-18(28)26-13(3-1-6-16(26)23-25)17(27)24-9-12(21)10-24/h2,4-5,12-14,22H,1,3,6-11H2. The van der Waals surface area contributed by atoms with Crippen molar-refractivity contribution in [3.63, 3.8) is 0 Å². The Labute approximate surface area is 166 Å². The lowest BCUT2D eigenvalue weighted by Gasteiger charge is -2.37. The van der Waals surface area contributed by atoms with Crippen LogP contribution in [0.3, 0.4) is 0 Å². The van der Waals surface area contributed by atoms with Crippen LogP contribution in [0.25, 0.3) is 0 Å². The molecule has 0 bridgehead atoms. The summed E-state index contributed by atoms with van der Waals surface area (Å²) in [5.74, 6) is 0.499. The monoisotopic (exact) mass is 407 g/mol. The van der Waals surface area contributed by atoms with E-state index in [4.69, 9.17) is 11.6 Å². The van der Waals surface area contributed by atoms with Gasteiger partial charge in [0, 0.05) is 11.8 Å². The second-order valence-corrected chi connectivity index (χ2v) is 8.77. The number of dihydropyridines is 1. The number of nitrogens with one attached hydrogen (secondary N) is 1. The number of fused-ring (bicyclic) bond motifs is 1. The zero-order valence-corrected chi connectivity index (χ0v) is 16.2. The summed E-state index contributed by atoms with van der Waals surface area (Å²) in [6, 6.07) is -0.492. The van der Waals surface area contributed by atoms with Gasteiger partial charge in [0.1, 0.15) is 23.2 Å². The molecule has 1 saturated carbocycles. The minimum absolute atomic E-state index is 0.0654. The van der Waals surface area contributed by atoms with E-state index < -0.39 is 12.2 Å². The highest BCUT2D eigenvalue weighted by Crippen LogP contribution is 2.51. The van der Waals surface area contributed by atoms with Crippen LogP contribution in [0, 0.1) is 5.41 Å². The van der Waals surface area contributed by atoms with Gasteiger partial charge in [-0.2, -0.15) is 5.10 Å². The fourth-order valence-corrected chi connectivity index (χ4v) is 4.75. The molecule has 5 rings (SSSR count). The van der Waals surface area contributed by atoms with E-state index in [1.807, 2.05) is 12.2 Å². The Bertz CT molecular complexity index is 925. The quantitative estimate of drug-likeness (QED) is 0.767. The molecule has 1 aromatic heterocycles. The number of halogens is 2. The normalized spacial score (nSPS) is 28.2. The molecule has 1 aromatic rings. The van der Waals surface area contributed by atoms with E-state index in [-0.39, 0.29) is 36.1 Å². The molecule has 0 radical (unpaired) electrons. The van der Waals surface area contributed by atoms with Gasteiger partial charge in [-0.25, -0.2) is 13.9 Å². The number of amides is 1. The molecule has 28 heavy (non-hydrogen) atoms.